The van der Waals surface area contributed by atoms with E-state index in [0.717, 1.165) is 16.8 Å². The molecule has 1 aromatic carbocycles. The van der Waals surface area contributed by atoms with Crippen LogP contribution in [0.3, 0.4) is 0 Å². The number of rotatable bonds is 5. The molecule has 1 atom stereocenters. The van der Waals surface area contributed by atoms with Gasteiger partial charge in [-0.2, -0.15) is 0 Å². The molecule has 0 saturated carbocycles. The van der Waals surface area contributed by atoms with Gasteiger partial charge in [0.2, 0.25) is 0 Å². The van der Waals surface area contributed by atoms with Crippen LogP contribution in [0, 0.1) is 0 Å². The molecule has 144 valence electrons. The van der Waals surface area contributed by atoms with Gasteiger partial charge in [0.25, 0.3) is 16.7 Å². The Balaban J connectivity index is 1.44. The minimum absolute atomic E-state index is 0.143. The number of aromatic nitrogens is 5. The Labute approximate surface area is 173 Å². The van der Waals surface area contributed by atoms with Crippen LogP contribution in [0.2, 0.25) is 0 Å². The number of nitrogens with zero attached hydrogens (tertiary/aromatic N) is 3. The molecule has 4 heterocycles. The lowest BCUT2D eigenvalue weighted by atomic mass is 10.1. The van der Waals surface area contributed by atoms with Crippen molar-refractivity contribution in [1.82, 2.24) is 25.1 Å². The first-order valence-corrected chi connectivity index (χ1v) is 10.7. The van der Waals surface area contributed by atoms with Gasteiger partial charge in [0, 0.05) is 17.1 Å². The van der Waals surface area contributed by atoms with Crippen molar-refractivity contribution in [2.24, 2.45) is 0 Å². The van der Waals surface area contributed by atoms with Gasteiger partial charge in [0.05, 0.1) is 10.6 Å². The van der Waals surface area contributed by atoms with E-state index in [0.29, 0.717) is 27.2 Å². The van der Waals surface area contributed by atoms with E-state index in [2.05, 4.69) is 25.1 Å². The van der Waals surface area contributed by atoms with Crippen molar-refractivity contribution < 1.29 is 4.42 Å². The summed E-state index contributed by atoms with van der Waals surface area (Å²) in [6.07, 6.45) is 1.80. The molecule has 0 spiro atoms. The van der Waals surface area contributed by atoms with Crippen LogP contribution < -0.4 is 5.56 Å². The Morgan fingerprint density at radius 2 is 2.00 bits per heavy atom. The molecule has 4 aromatic heterocycles. The molecule has 2 N–H and O–H groups in total. The van der Waals surface area contributed by atoms with Crippen molar-refractivity contribution in [2.75, 3.05) is 0 Å². The molecule has 0 bridgehead atoms. The number of nitrogens with one attached hydrogen (secondary N) is 2. The predicted octanol–water partition coefficient (Wildman–Crippen LogP) is 4.88. The van der Waals surface area contributed by atoms with Crippen LogP contribution in [0.25, 0.3) is 32.9 Å². The summed E-state index contributed by atoms with van der Waals surface area (Å²) in [5.74, 6) is 1.00. The fourth-order valence-corrected chi connectivity index (χ4v) is 4.72. The third-order valence-corrected chi connectivity index (χ3v) is 6.26. The van der Waals surface area contributed by atoms with E-state index in [9.17, 15) is 4.79 Å². The van der Waals surface area contributed by atoms with Gasteiger partial charge in [-0.05, 0) is 24.6 Å². The van der Waals surface area contributed by atoms with Gasteiger partial charge in [0.15, 0.2) is 0 Å². The van der Waals surface area contributed by atoms with E-state index in [-0.39, 0.29) is 10.8 Å². The van der Waals surface area contributed by atoms with Crippen LogP contribution in [-0.4, -0.2) is 25.1 Å². The Morgan fingerprint density at radius 3 is 2.79 bits per heavy atom. The van der Waals surface area contributed by atoms with E-state index in [1.165, 1.54) is 23.1 Å². The largest absolute Gasteiger partial charge is 0.410 e. The van der Waals surface area contributed by atoms with Gasteiger partial charge in [-0.15, -0.1) is 21.5 Å². The van der Waals surface area contributed by atoms with Crippen LogP contribution >= 0.6 is 23.1 Å². The van der Waals surface area contributed by atoms with Gasteiger partial charge in [-0.1, -0.05) is 42.1 Å². The molecule has 9 heteroatoms. The maximum atomic E-state index is 12.8. The fraction of sp³-hybridized carbons (Fsp3) is 0.100. The van der Waals surface area contributed by atoms with Crippen LogP contribution in [0.1, 0.15) is 18.0 Å². The number of aromatic amines is 2. The molecule has 0 saturated heterocycles. The van der Waals surface area contributed by atoms with Crippen LogP contribution in [0.4, 0.5) is 0 Å². The van der Waals surface area contributed by atoms with Crippen LogP contribution in [-0.2, 0) is 0 Å². The molecule has 0 amide bonds. The van der Waals surface area contributed by atoms with Gasteiger partial charge in [-0.25, -0.2) is 4.98 Å². The molecule has 5 rings (SSSR count). The number of thiophene rings is 1. The van der Waals surface area contributed by atoms with Crippen molar-refractivity contribution in [3.8, 4) is 22.7 Å². The lowest BCUT2D eigenvalue weighted by Crippen LogP contribution is -2.12. The highest BCUT2D eigenvalue weighted by atomic mass is 32.2. The Hall–Kier alpha value is -3.17. The van der Waals surface area contributed by atoms with E-state index in [1.54, 1.807) is 6.20 Å². The third-order valence-electron chi connectivity index (χ3n) is 4.44. The van der Waals surface area contributed by atoms with Crippen molar-refractivity contribution in [3.63, 3.8) is 0 Å². The molecular weight excluding hydrogens is 406 g/mol. The number of fused-ring (bicyclic) bond motifs is 1. The molecule has 0 radical (unpaired) electrons. The summed E-state index contributed by atoms with van der Waals surface area (Å²) >= 11 is 2.82. The highest BCUT2D eigenvalue weighted by Gasteiger charge is 2.19. The highest BCUT2D eigenvalue weighted by molar-refractivity contribution is 7.99. The predicted molar refractivity (Wildman–Crippen MR) is 114 cm³/mol. The maximum Gasteiger partial charge on any atom is 0.277 e. The Morgan fingerprint density at radius 1 is 1.14 bits per heavy atom. The lowest BCUT2D eigenvalue weighted by molar-refractivity contribution is 0.463. The molecule has 29 heavy (non-hydrogen) atoms. The molecule has 7 nitrogen and oxygen atoms in total. The minimum atomic E-state index is -0.161. The monoisotopic (exact) mass is 421 g/mol. The maximum absolute atomic E-state index is 12.8. The Bertz CT molecular complexity index is 1320. The molecule has 0 unspecified atom stereocenters. The molecule has 0 aliphatic heterocycles. The molecular formula is C20H15N5O2S2. The summed E-state index contributed by atoms with van der Waals surface area (Å²) in [4.78, 5) is 24.2. The zero-order chi connectivity index (χ0) is 19.8. The summed E-state index contributed by atoms with van der Waals surface area (Å²) < 4.78 is 5.69. The molecule has 5 aromatic rings. The molecule has 0 aliphatic rings. The average Bonchev–Trinajstić information content (AvgIpc) is 3.49. The summed E-state index contributed by atoms with van der Waals surface area (Å²) in [5.41, 5.74) is 2.52. The summed E-state index contributed by atoms with van der Waals surface area (Å²) in [7, 11) is 0. The second-order valence-electron chi connectivity index (χ2n) is 6.36. The lowest BCUT2D eigenvalue weighted by Gasteiger charge is -2.07. The summed E-state index contributed by atoms with van der Waals surface area (Å²) in [5, 5.41) is 11.0. The summed E-state index contributed by atoms with van der Waals surface area (Å²) in [6, 6.07) is 13.6. The number of thioether (sulfide) groups is 1. The van der Waals surface area contributed by atoms with E-state index in [4.69, 9.17) is 4.42 Å². The number of hydrogen-bond donors (Lipinski definition) is 2. The fourth-order valence-electron chi connectivity index (χ4n) is 3.02. The van der Waals surface area contributed by atoms with Crippen molar-refractivity contribution >= 4 is 33.3 Å². The molecule has 0 aliphatic carbocycles. The van der Waals surface area contributed by atoms with Crippen LogP contribution in [0.5, 0.6) is 0 Å². The first-order valence-electron chi connectivity index (χ1n) is 8.90. The zero-order valence-corrected chi connectivity index (χ0v) is 16.9. The van der Waals surface area contributed by atoms with Crippen molar-refractivity contribution in [3.05, 3.63) is 70.2 Å². The SMILES string of the molecule is C[C@H](Sc1nnc(-c2ccc[nH]2)o1)c1nc2scc(-c3ccccc3)c2c(=O)[nH]1. The second kappa shape index (κ2) is 7.34. The third kappa shape index (κ3) is 3.39. The van der Waals surface area contributed by atoms with E-state index < -0.39 is 0 Å². The zero-order valence-electron chi connectivity index (χ0n) is 15.2. The first kappa shape index (κ1) is 17.9. The van der Waals surface area contributed by atoms with Gasteiger partial charge < -0.3 is 14.4 Å². The minimum Gasteiger partial charge on any atom is -0.410 e. The highest BCUT2D eigenvalue weighted by Crippen LogP contribution is 2.35. The standard InChI is InChI=1S/C20H15N5O2S2/c1-11(29-20-25-24-18(27-20)14-8-5-9-21-14)16-22-17(26)15-13(10-28-19(15)23-16)12-6-3-2-4-7-12/h2-11,21H,1H3,(H,22,23,26)/t11-/m0/s1. The smallest absolute Gasteiger partial charge is 0.277 e. The van der Waals surface area contributed by atoms with Gasteiger partial charge in [0.1, 0.15) is 16.3 Å². The average molecular weight is 422 g/mol. The Kier molecular flexibility index (Phi) is 4.53. The topological polar surface area (TPSA) is 100 Å². The first-order chi connectivity index (χ1) is 14.2. The number of H-pyrrole nitrogens is 2. The normalized spacial score (nSPS) is 12.4. The van der Waals surface area contributed by atoms with Crippen LogP contribution in [0.15, 0.2) is 68.5 Å². The van der Waals surface area contributed by atoms with E-state index >= 15 is 0 Å². The number of hydrogen-bond acceptors (Lipinski definition) is 7. The molecule has 0 fully saturated rings. The van der Waals surface area contributed by atoms with Crippen molar-refractivity contribution in [1.29, 1.82) is 0 Å². The van der Waals surface area contributed by atoms with Crippen molar-refractivity contribution in [2.45, 2.75) is 17.4 Å². The van der Waals surface area contributed by atoms with Gasteiger partial charge in [-0.3, -0.25) is 4.79 Å². The van der Waals surface area contributed by atoms with E-state index in [1.807, 2.05) is 54.8 Å². The summed E-state index contributed by atoms with van der Waals surface area (Å²) in [6.45, 7) is 1.94. The second-order valence-corrected chi connectivity index (χ2v) is 8.51. The number of benzene rings is 1. The quantitative estimate of drug-likeness (QED) is 0.392. The van der Waals surface area contributed by atoms with Gasteiger partial charge >= 0.3 is 0 Å².